The number of carbonyl (C=O) groups is 3. The van der Waals surface area contributed by atoms with E-state index in [1.54, 1.807) is 66.7 Å². The van der Waals surface area contributed by atoms with Crippen LogP contribution in [-0.4, -0.2) is 57.4 Å². The van der Waals surface area contributed by atoms with Gasteiger partial charge in [0.05, 0.1) is 16.7 Å². The molecule has 0 aliphatic carbocycles. The van der Waals surface area contributed by atoms with Gasteiger partial charge in [-0.2, -0.15) is 9.97 Å². The second-order valence-corrected chi connectivity index (χ2v) is 9.09. The summed E-state index contributed by atoms with van der Waals surface area (Å²) >= 11 is 0. The molecule has 3 aromatic carbocycles. The summed E-state index contributed by atoms with van der Waals surface area (Å²) in [6.45, 7) is -0.444. The Kier molecular flexibility index (Phi) is 8.20. The first-order valence-corrected chi connectivity index (χ1v) is 12.7. The molecule has 1 saturated heterocycles. The Labute approximate surface area is 238 Å². The summed E-state index contributed by atoms with van der Waals surface area (Å²) < 4.78 is 23.9. The second kappa shape index (κ2) is 12.3. The van der Waals surface area contributed by atoms with Crippen molar-refractivity contribution in [1.82, 2.24) is 14.5 Å². The molecule has 5 rings (SSSR count). The van der Waals surface area contributed by atoms with Gasteiger partial charge in [0, 0.05) is 0 Å². The molecule has 13 nitrogen and oxygen atoms in total. The lowest BCUT2D eigenvalue weighted by molar-refractivity contribution is -0.0633. The van der Waals surface area contributed by atoms with Crippen LogP contribution >= 0.6 is 0 Å². The summed E-state index contributed by atoms with van der Waals surface area (Å²) in [5.41, 5.74) is 11.3. The van der Waals surface area contributed by atoms with Crippen molar-refractivity contribution in [2.75, 3.05) is 18.1 Å². The Hall–Kier alpha value is -5.56. The van der Waals surface area contributed by atoms with E-state index in [0.29, 0.717) is 0 Å². The first kappa shape index (κ1) is 28.0. The largest absolute Gasteiger partial charge is 0.459 e. The highest BCUT2D eigenvalue weighted by Gasteiger charge is 2.52. The molecule has 42 heavy (non-hydrogen) atoms. The zero-order valence-electron chi connectivity index (χ0n) is 21.9. The van der Waals surface area contributed by atoms with E-state index in [1.807, 2.05) is 0 Å². The van der Waals surface area contributed by atoms with E-state index >= 15 is 0 Å². The van der Waals surface area contributed by atoms with Gasteiger partial charge >= 0.3 is 23.6 Å². The Balaban J connectivity index is 1.52. The minimum atomic E-state index is -1.49. The van der Waals surface area contributed by atoms with E-state index in [4.69, 9.17) is 30.4 Å². The molecule has 0 radical (unpaired) electrons. The molecule has 0 unspecified atom stereocenters. The van der Waals surface area contributed by atoms with Crippen LogP contribution in [0.5, 0.6) is 0 Å². The van der Waals surface area contributed by atoms with Crippen molar-refractivity contribution in [3.63, 3.8) is 0 Å². The summed E-state index contributed by atoms with van der Waals surface area (Å²) in [7, 11) is 0. The van der Waals surface area contributed by atoms with Crippen molar-refractivity contribution in [3.8, 4) is 0 Å². The van der Waals surface area contributed by atoms with E-state index < -0.39 is 60.7 Å². The van der Waals surface area contributed by atoms with Crippen molar-refractivity contribution in [3.05, 3.63) is 118 Å². The van der Waals surface area contributed by atoms with Gasteiger partial charge in [-0.05, 0) is 36.4 Å². The Morgan fingerprint density at radius 1 is 0.714 bits per heavy atom. The molecular formula is C29H25N5O8. The maximum absolute atomic E-state index is 13.2. The van der Waals surface area contributed by atoms with E-state index in [9.17, 15) is 19.2 Å². The number of nitrogens with two attached hydrogens (primary N) is 2. The third-order valence-corrected chi connectivity index (χ3v) is 6.33. The average molecular weight is 572 g/mol. The smallest absolute Gasteiger partial charge is 0.355 e. The van der Waals surface area contributed by atoms with E-state index in [0.717, 1.165) is 4.57 Å². The van der Waals surface area contributed by atoms with Crippen LogP contribution in [0.4, 0.5) is 11.9 Å². The Morgan fingerprint density at radius 2 is 1.19 bits per heavy atom. The fourth-order valence-corrected chi connectivity index (χ4v) is 4.35. The summed E-state index contributed by atoms with van der Waals surface area (Å²) in [4.78, 5) is 59.4. The van der Waals surface area contributed by atoms with Gasteiger partial charge in [0.25, 0.3) is 0 Å². The Bertz CT molecular complexity index is 1630. The number of ether oxygens (including phenoxy) is 4. The molecule has 4 N–H and O–H groups in total. The van der Waals surface area contributed by atoms with Gasteiger partial charge in [-0.15, -0.1) is 0 Å². The molecule has 13 heteroatoms. The average Bonchev–Trinajstić information content (AvgIpc) is 3.32. The standard InChI is InChI=1S/C29H25N5O8/c30-27-32-28(31)34(29(38)33-27)23-22(42-26(37)19-14-8-3-9-15-19)21(41-25(36)18-12-6-2-7-13-18)20(40-23)16-39-24(35)17-10-4-1-5-11-17/h1-15,20-23H,16H2,(H4,30,31,32,33,38)/t20-,21-,22-,23-/m1/s1. The molecule has 1 fully saturated rings. The molecule has 2 heterocycles. The number of esters is 3. The SMILES string of the molecule is Nc1nc(N)n([C@@H]2O[C@H](COC(=O)c3ccccc3)[C@@H](OC(=O)c3ccccc3)[C@H]2OC(=O)c2ccccc2)c(=O)n1. The van der Waals surface area contributed by atoms with Crippen molar-refractivity contribution in [2.24, 2.45) is 0 Å². The molecule has 0 spiro atoms. The van der Waals surface area contributed by atoms with Crippen molar-refractivity contribution in [1.29, 1.82) is 0 Å². The highest BCUT2D eigenvalue weighted by Crippen LogP contribution is 2.35. The minimum Gasteiger partial charge on any atom is -0.459 e. The van der Waals surface area contributed by atoms with Crippen LogP contribution in [-0.2, 0) is 18.9 Å². The summed E-state index contributed by atoms with van der Waals surface area (Å²) in [6.07, 6.45) is -5.53. The molecule has 1 aliphatic rings. The number of aromatic nitrogens is 3. The zero-order chi connectivity index (χ0) is 29.6. The highest BCUT2D eigenvalue weighted by atomic mass is 16.7. The topological polar surface area (TPSA) is 188 Å². The predicted molar refractivity (Wildman–Crippen MR) is 147 cm³/mol. The first-order valence-electron chi connectivity index (χ1n) is 12.7. The van der Waals surface area contributed by atoms with Crippen LogP contribution in [0, 0.1) is 0 Å². The van der Waals surface area contributed by atoms with Gasteiger partial charge < -0.3 is 30.4 Å². The van der Waals surface area contributed by atoms with Gasteiger partial charge in [-0.1, -0.05) is 54.6 Å². The maximum Gasteiger partial charge on any atom is 0.355 e. The van der Waals surface area contributed by atoms with Crippen molar-refractivity contribution >= 4 is 29.8 Å². The number of anilines is 2. The van der Waals surface area contributed by atoms with Crippen molar-refractivity contribution in [2.45, 2.75) is 24.5 Å². The van der Waals surface area contributed by atoms with E-state index in [1.165, 1.54) is 24.3 Å². The normalized spacial score (nSPS) is 19.5. The number of nitrogens with zero attached hydrogens (tertiary/aromatic N) is 3. The lowest BCUT2D eigenvalue weighted by Gasteiger charge is -2.25. The molecule has 0 bridgehead atoms. The van der Waals surface area contributed by atoms with Crippen LogP contribution in [0.3, 0.4) is 0 Å². The lowest BCUT2D eigenvalue weighted by atomic mass is 10.1. The fourth-order valence-electron chi connectivity index (χ4n) is 4.35. The first-order chi connectivity index (χ1) is 20.3. The van der Waals surface area contributed by atoms with Gasteiger partial charge in [-0.3, -0.25) is 0 Å². The number of carbonyl (C=O) groups excluding carboxylic acids is 3. The number of hydrogen-bond acceptors (Lipinski definition) is 12. The molecule has 0 saturated carbocycles. The quantitative estimate of drug-likeness (QED) is 0.232. The fraction of sp³-hybridized carbons (Fsp3) is 0.172. The van der Waals surface area contributed by atoms with Crippen LogP contribution < -0.4 is 17.2 Å². The van der Waals surface area contributed by atoms with Gasteiger partial charge in [0.1, 0.15) is 12.7 Å². The van der Waals surface area contributed by atoms with E-state index in [-0.39, 0.29) is 22.6 Å². The van der Waals surface area contributed by atoms with Crippen LogP contribution in [0.15, 0.2) is 95.8 Å². The zero-order valence-corrected chi connectivity index (χ0v) is 21.9. The van der Waals surface area contributed by atoms with Crippen molar-refractivity contribution < 1.29 is 33.3 Å². The monoisotopic (exact) mass is 571 g/mol. The molecule has 0 amide bonds. The summed E-state index contributed by atoms with van der Waals surface area (Å²) in [6, 6.07) is 24.3. The van der Waals surface area contributed by atoms with Gasteiger partial charge in [-0.25, -0.2) is 23.7 Å². The number of hydrogen-bond donors (Lipinski definition) is 2. The number of nitrogen functional groups attached to an aromatic ring is 2. The number of rotatable bonds is 8. The van der Waals surface area contributed by atoms with Gasteiger partial charge in [0.2, 0.25) is 11.9 Å². The van der Waals surface area contributed by atoms with Crippen LogP contribution in [0.25, 0.3) is 0 Å². The third-order valence-electron chi connectivity index (χ3n) is 6.33. The molecule has 214 valence electrons. The lowest BCUT2D eigenvalue weighted by Crippen LogP contribution is -2.43. The molecule has 1 aliphatic heterocycles. The number of benzene rings is 3. The molecule has 1 aromatic heterocycles. The Morgan fingerprint density at radius 3 is 1.69 bits per heavy atom. The van der Waals surface area contributed by atoms with E-state index in [2.05, 4.69) is 9.97 Å². The van der Waals surface area contributed by atoms with Crippen LogP contribution in [0.2, 0.25) is 0 Å². The molecule has 4 atom stereocenters. The molecule has 4 aromatic rings. The summed E-state index contributed by atoms with van der Waals surface area (Å²) in [5.74, 6) is -3.04. The highest BCUT2D eigenvalue weighted by molar-refractivity contribution is 5.91. The molecular weight excluding hydrogens is 546 g/mol. The second-order valence-electron chi connectivity index (χ2n) is 9.09. The third kappa shape index (κ3) is 6.10. The van der Waals surface area contributed by atoms with Crippen LogP contribution in [0.1, 0.15) is 37.3 Å². The maximum atomic E-state index is 13.2. The minimum absolute atomic E-state index is 0.178. The van der Waals surface area contributed by atoms with Gasteiger partial charge in [0.15, 0.2) is 18.4 Å². The predicted octanol–water partition coefficient (Wildman–Crippen LogP) is 2.01. The summed E-state index contributed by atoms with van der Waals surface area (Å²) in [5, 5.41) is 0.